The average Bonchev–Trinajstić information content (AvgIpc) is 3.38. The number of aliphatic hydroxyl groups is 2. The Kier molecular flexibility index (Phi) is 6.73. The van der Waals surface area contributed by atoms with Crippen LogP contribution in [0.3, 0.4) is 0 Å². The Bertz CT molecular complexity index is 1230. The third kappa shape index (κ3) is 5.50. The van der Waals surface area contributed by atoms with E-state index < -0.39 is 12.8 Å². The van der Waals surface area contributed by atoms with E-state index in [9.17, 15) is 5.11 Å². The number of hydrogen-bond donors (Lipinski definition) is 3. The Hall–Kier alpha value is -4.16. The monoisotopic (exact) mass is 474 g/mol. The molecule has 0 aliphatic carbocycles. The molecular formula is C23H26N10O2. The highest BCUT2D eigenvalue weighted by Crippen LogP contribution is 2.18. The van der Waals surface area contributed by atoms with Crippen molar-refractivity contribution in [1.82, 2.24) is 34.7 Å². The second-order valence-electron chi connectivity index (χ2n) is 8.13. The second kappa shape index (κ2) is 10.4. The van der Waals surface area contributed by atoms with Gasteiger partial charge in [-0.15, -0.1) is 0 Å². The van der Waals surface area contributed by atoms with Crippen LogP contribution in [0.1, 0.15) is 17.4 Å². The lowest BCUT2D eigenvalue weighted by Crippen LogP contribution is -2.47. The molecule has 1 aliphatic rings. The molecule has 5 rings (SSSR count). The van der Waals surface area contributed by atoms with Crippen molar-refractivity contribution in [3.8, 4) is 0 Å². The number of rotatable bonds is 8. The van der Waals surface area contributed by atoms with E-state index in [1.165, 1.54) is 22.8 Å². The Labute approximate surface area is 202 Å². The molecule has 1 atom stereocenters. The molecule has 0 amide bonds. The van der Waals surface area contributed by atoms with Gasteiger partial charge in [-0.2, -0.15) is 10.1 Å². The van der Waals surface area contributed by atoms with Crippen molar-refractivity contribution < 1.29 is 10.2 Å². The molecule has 1 saturated heterocycles. The molecule has 3 N–H and O–H groups in total. The summed E-state index contributed by atoms with van der Waals surface area (Å²) in [6, 6.07) is 10.3. The van der Waals surface area contributed by atoms with Crippen LogP contribution in [0.5, 0.6) is 0 Å². The third-order valence-electron chi connectivity index (χ3n) is 5.67. The van der Waals surface area contributed by atoms with Crippen molar-refractivity contribution in [3.05, 3.63) is 72.6 Å². The van der Waals surface area contributed by atoms with Crippen LogP contribution < -0.4 is 15.1 Å². The number of benzene rings is 1. The molecule has 1 aliphatic heterocycles. The SMILES string of the molecule is OCC(O)n1cc(Nc2ncnc(N3CCN(c4ncc(Cc5ccccc5)cn4)CC3)n2)cn1. The van der Waals surface area contributed by atoms with Crippen LogP contribution in [0, 0.1) is 0 Å². The first kappa shape index (κ1) is 22.6. The minimum absolute atomic E-state index is 0.368. The maximum absolute atomic E-state index is 9.66. The smallest absolute Gasteiger partial charge is 0.232 e. The second-order valence-corrected chi connectivity index (χ2v) is 8.13. The topological polar surface area (TPSA) is 141 Å². The van der Waals surface area contributed by atoms with Crippen LogP contribution in [0.25, 0.3) is 0 Å². The molecular weight excluding hydrogens is 448 g/mol. The molecule has 35 heavy (non-hydrogen) atoms. The number of aromatic nitrogens is 7. The summed E-state index contributed by atoms with van der Waals surface area (Å²) in [5.74, 6) is 1.67. The lowest BCUT2D eigenvalue weighted by atomic mass is 10.1. The highest BCUT2D eigenvalue weighted by atomic mass is 16.3. The molecule has 0 saturated carbocycles. The van der Waals surface area contributed by atoms with Gasteiger partial charge in [-0.05, 0) is 11.1 Å². The maximum atomic E-state index is 9.66. The van der Waals surface area contributed by atoms with Crippen LogP contribution in [0.4, 0.5) is 23.5 Å². The average molecular weight is 475 g/mol. The van der Waals surface area contributed by atoms with Crippen molar-refractivity contribution in [2.75, 3.05) is 47.9 Å². The van der Waals surface area contributed by atoms with Crippen LogP contribution in [-0.4, -0.2) is 77.7 Å². The van der Waals surface area contributed by atoms with Gasteiger partial charge in [0.1, 0.15) is 6.33 Å². The van der Waals surface area contributed by atoms with E-state index in [-0.39, 0.29) is 0 Å². The molecule has 1 aromatic carbocycles. The summed E-state index contributed by atoms with van der Waals surface area (Å²) in [4.78, 5) is 26.4. The van der Waals surface area contributed by atoms with Gasteiger partial charge >= 0.3 is 0 Å². The molecule has 4 aromatic rings. The van der Waals surface area contributed by atoms with Gasteiger partial charge in [0, 0.05) is 45.0 Å². The Balaban J connectivity index is 1.17. The molecule has 0 bridgehead atoms. The van der Waals surface area contributed by atoms with Gasteiger partial charge in [-0.3, -0.25) is 0 Å². The largest absolute Gasteiger partial charge is 0.392 e. The van der Waals surface area contributed by atoms with Crippen molar-refractivity contribution in [2.45, 2.75) is 12.6 Å². The van der Waals surface area contributed by atoms with Crippen molar-refractivity contribution in [1.29, 1.82) is 0 Å². The molecule has 4 heterocycles. The number of anilines is 4. The van der Waals surface area contributed by atoms with Crippen LogP contribution in [-0.2, 0) is 6.42 Å². The van der Waals surface area contributed by atoms with Gasteiger partial charge in [0.05, 0.1) is 24.7 Å². The summed E-state index contributed by atoms with van der Waals surface area (Å²) in [6.07, 6.45) is 8.05. The summed E-state index contributed by atoms with van der Waals surface area (Å²) in [5.41, 5.74) is 2.91. The number of nitrogens with zero attached hydrogens (tertiary/aromatic N) is 9. The van der Waals surface area contributed by atoms with Crippen molar-refractivity contribution in [3.63, 3.8) is 0 Å². The predicted octanol–water partition coefficient (Wildman–Crippen LogP) is 1.00. The van der Waals surface area contributed by atoms with Gasteiger partial charge < -0.3 is 25.3 Å². The minimum atomic E-state index is -1.10. The fourth-order valence-corrected chi connectivity index (χ4v) is 3.82. The summed E-state index contributed by atoms with van der Waals surface area (Å²) >= 11 is 0. The van der Waals surface area contributed by atoms with Gasteiger partial charge in [0.15, 0.2) is 6.23 Å². The number of hydrogen-bond acceptors (Lipinski definition) is 11. The zero-order valence-corrected chi connectivity index (χ0v) is 19.0. The minimum Gasteiger partial charge on any atom is -0.392 e. The fourth-order valence-electron chi connectivity index (χ4n) is 3.82. The van der Waals surface area contributed by atoms with Crippen LogP contribution in [0.2, 0.25) is 0 Å². The summed E-state index contributed by atoms with van der Waals surface area (Å²) in [7, 11) is 0. The molecule has 12 heteroatoms. The van der Waals surface area contributed by atoms with E-state index in [1.807, 2.05) is 30.6 Å². The zero-order chi connectivity index (χ0) is 24.0. The normalized spacial score (nSPS) is 14.7. The molecule has 0 radical (unpaired) electrons. The first-order chi connectivity index (χ1) is 17.2. The van der Waals surface area contributed by atoms with Crippen molar-refractivity contribution >= 4 is 23.5 Å². The van der Waals surface area contributed by atoms with Gasteiger partial charge in [-0.25, -0.2) is 24.6 Å². The molecule has 1 unspecified atom stereocenters. The number of aliphatic hydroxyl groups excluding tert-OH is 2. The molecule has 12 nitrogen and oxygen atoms in total. The van der Waals surface area contributed by atoms with Crippen molar-refractivity contribution in [2.24, 2.45) is 0 Å². The standard InChI is InChI=1S/C23H26N10O2/c34-15-20(35)33-14-19(13-28-33)29-21-26-16-27-23(30-21)32-8-6-31(7-9-32)22-24-11-18(12-25-22)10-17-4-2-1-3-5-17/h1-5,11-14,16,20,34-35H,6-10,15H2,(H,26,27,29,30). The van der Waals surface area contributed by atoms with E-state index >= 15 is 0 Å². The van der Waals surface area contributed by atoms with Gasteiger partial charge in [-0.1, -0.05) is 30.3 Å². The Morgan fingerprint density at radius 1 is 0.857 bits per heavy atom. The fraction of sp³-hybridized carbons (Fsp3) is 0.304. The molecule has 0 spiro atoms. The van der Waals surface area contributed by atoms with E-state index in [0.717, 1.165) is 44.1 Å². The summed E-state index contributed by atoms with van der Waals surface area (Å²) in [5, 5.41) is 25.8. The summed E-state index contributed by atoms with van der Waals surface area (Å²) in [6.45, 7) is 2.51. The number of piperazine rings is 1. The molecule has 180 valence electrons. The lowest BCUT2D eigenvalue weighted by molar-refractivity contribution is 0.0294. The Morgan fingerprint density at radius 2 is 1.57 bits per heavy atom. The van der Waals surface area contributed by atoms with E-state index in [0.29, 0.717) is 17.6 Å². The van der Waals surface area contributed by atoms with Crippen LogP contribution >= 0.6 is 0 Å². The quantitative estimate of drug-likeness (QED) is 0.337. The highest BCUT2D eigenvalue weighted by Gasteiger charge is 2.21. The molecule has 1 fully saturated rings. The van der Waals surface area contributed by atoms with E-state index in [4.69, 9.17) is 5.11 Å². The Morgan fingerprint density at radius 3 is 2.29 bits per heavy atom. The highest BCUT2D eigenvalue weighted by molar-refractivity contribution is 5.51. The van der Waals surface area contributed by atoms with Crippen LogP contribution in [0.15, 0.2) is 61.4 Å². The zero-order valence-electron chi connectivity index (χ0n) is 19.0. The first-order valence-corrected chi connectivity index (χ1v) is 11.3. The first-order valence-electron chi connectivity index (χ1n) is 11.3. The lowest BCUT2D eigenvalue weighted by Gasteiger charge is -2.34. The predicted molar refractivity (Wildman–Crippen MR) is 129 cm³/mol. The van der Waals surface area contributed by atoms with Gasteiger partial charge in [0.2, 0.25) is 17.8 Å². The molecule has 3 aromatic heterocycles. The van der Waals surface area contributed by atoms with E-state index in [2.05, 4.69) is 57.3 Å². The van der Waals surface area contributed by atoms with E-state index in [1.54, 1.807) is 6.20 Å². The summed E-state index contributed by atoms with van der Waals surface area (Å²) < 4.78 is 1.25. The maximum Gasteiger partial charge on any atom is 0.232 e. The number of nitrogens with one attached hydrogen (secondary N) is 1. The van der Waals surface area contributed by atoms with Gasteiger partial charge in [0.25, 0.3) is 0 Å². The third-order valence-corrected chi connectivity index (χ3v) is 5.67.